The van der Waals surface area contributed by atoms with E-state index in [0.29, 0.717) is 18.3 Å². The van der Waals surface area contributed by atoms with E-state index in [2.05, 4.69) is 27.4 Å². The summed E-state index contributed by atoms with van der Waals surface area (Å²) in [6.07, 6.45) is 4.03. The van der Waals surface area contributed by atoms with Gasteiger partial charge in [0.15, 0.2) is 11.0 Å². The summed E-state index contributed by atoms with van der Waals surface area (Å²) in [6.45, 7) is 4.26. The second-order valence-electron chi connectivity index (χ2n) is 6.30. The zero-order chi connectivity index (χ0) is 18.6. The highest BCUT2D eigenvalue weighted by Gasteiger charge is 2.30. The van der Waals surface area contributed by atoms with E-state index < -0.39 is 0 Å². The van der Waals surface area contributed by atoms with Gasteiger partial charge in [0.2, 0.25) is 5.91 Å². The predicted molar refractivity (Wildman–Crippen MR) is 111 cm³/mol. The Morgan fingerprint density at radius 2 is 2.07 bits per heavy atom. The lowest BCUT2D eigenvalue weighted by atomic mass is 10.3. The molecule has 5 nitrogen and oxygen atoms in total. The van der Waals surface area contributed by atoms with Gasteiger partial charge in [-0.15, -0.1) is 28.1 Å². The summed E-state index contributed by atoms with van der Waals surface area (Å²) in [7, 11) is 0. The molecule has 7 heteroatoms. The number of aromatic nitrogens is 3. The number of anilines is 1. The molecule has 1 amide bonds. The first-order valence-electron chi connectivity index (χ1n) is 8.86. The third-order valence-corrected chi connectivity index (χ3v) is 6.12. The summed E-state index contributed by atoms with van der Waals surface area (Å²) < 4.78 is 2.20. The fraction of sp³-hybridized carbons (Fsp3) is 0.250. The van der Waals surface area contributed by atoms with Crippen LogP contribution in [0.5, 0.6) is 0 Å². The van der Waals surface area contributed by atoms with E-state index in [0.717, 1.165) is 34.4 Å². The van der Waals surface area contributed by atoms with Crippen LogP contribution in [-0.2, 0) is 4.79 Å². The number of carbonyl (C=O) groups is 1. The summed E-state index contributed by atoms with van der Waals surface area (Å²) in [4.78, 5) is 15.7. The van der Waals surface area contributed by atoms with Crippen LogP contribution >= 0.6 is 23.1 Å². The Bertz CT molecular complexity index is 917. The Kier molecular flexibility index (Phi) is 5.40. The number of hydrogen-bond acceptors (Lipinski definition) is 5. The Labute approximate surface area is 166 Å². The summed E-state index contributed by atoms with van der Waals surface area (Å²) in [5.41, 5.74) is 0.880. The molecule has 138 valence electrons. The van der Waals surface area contributed by atoms with Gasteiger partial charge in [-0.1, -0.05) is 42.1 Å². The minimum absolute atomic E-state index is 0.0362. The van der Waals surface area contributed by atoms with E-state index in [9.17, 15) is 4.79 Å². The highest BCUT2D eigenvalue weighted by atomic mass is 32.2. The molecule has 1 aliphatic carbocycles. The maximum atomic E-state index is 12.8. The minimum atomic E-state index is 0.0362. The molecule has 2 aromatic heterocycles. The second-order valence-corrected chi connectivity index (χ2v) is 8.19. The van der Waals surface area contributed by atoms with Gasteiger partial charge in [0.1, 0.15) is 0 Å². The molecule has 0 bridgehead atoms. The number of hydrogen-bond donors (Lipinski definition) is 0. The van der Waals surface area contributed by atoms with E-state index >= 15 is 0 Å². The van der Waals surface area contributed by atoms with Crippen LogP contribution in [0.1, 0.15) is 18.9 Å². The van der Waals surface area contributed by atoms with E-state index in [-0.39, 0.29) is 5.91 Å². The number of nitrogens with zero attached hydrogens (tertiary/aromatic N) is 4. The van der Waals surface area contributed by atoms with Crippen molar-refractivity contribution < 1.29 is 4.79 Å². The molecule has 0 aliphatic heterocycles. The van der Waals surface area contributed by atoms with Crippen LogP contribution < -0.4 is 4.90 Å². The maximum Gasteiger partial charge on any atom is 0.237 e. The van der Waals surface area contributed by atoms with Crippen LogP contribution in [0.2, 0.25) is 0 Å². The van der Waals surface area contributed by atoms with Crippen molar-refractivity contribution in [3.05, 3.63) is 60.5 Å². The van der Waals surface area contributed by atoms with Crippen LogP contribution in [0.4, 0.5) is 5.69 Å². The SMILES string of the molecule is C=CCN(C(=O)CSc1nnc(-c2cccs2)n1C1CC1)c1ccccc1. The van der Waals surface area contributed by atoms with E-state index in [1.54, 1.807) is 22.3 Å². The fourth-order valence-electron chi connectivity index (χ4n) is 2.90. The molecule has 0 radical (unpaired) electrons. The van der Waals surface area contributed by atoms with Crippen LogP contribution in [0, 0.1) is 0 Å². The van der Waals surface area contributed by atoms with E-state index in [1.165, 1.54) is 11.8 Å². The molecule has 27 heavy (non-hydrogen) atoms. The van der Waals surface area contributed by atoms with Gasteiger partial charge in [0.25, 0.3) is 0 Å². The lowest BCUT2D eigenvalue weighted by molar-refractivity contribution is -0.116. The van der Waals surface area contributed by atoms with Gasteiger partial charge in [0, 0.05) is 18.3 Å². The Balaban J connectivity index is 1.51. The Morgan fingerprint density at radius 3 is 2.74 bits per heavy atom. The molecule has 1 aliphatic rings. The highest BCUT2D eigenvalue weighted by molar-refractivity contribution is 7.99. The Morgan fingerprint density at radius 1 is 1.26 bits per heavy atom. The number of thiophene rings is 1. The number of benzene rings is 1. The van der Waals surface area contributed by atoms with Gasteiger partial charge >= 0.3 is 0 Å². The number of carbonyl (C=O) groups excluding carboxylic acids is 1. The topological polar surface area (TPSA) is 51.0 Å². The molecule has 3 aromatic rings. The molecule has 4 rings (SSSR count). The largest absolute Gasteiger partial charge is 0.308 e. The Hall–Kier alpha value is -2.38. The highest BCUT2D eigenvalue weighted by Crippen LogP contribution is 2.41. The number of amides is 1. The third kappa shape index (κ3) is 3.99. The van der Waals surface area contributed by atoms with E-state index in [1.807, 2.05) is 41.8 Å². The fourth-order valence-corrected chi connectivity index (χ4v) is 4.49. The van der Waals surface area contributed by atoms with Crippen molar-refractivity contribution in [3.8, 4) is 10.7 Å². The molecule has 1 saturated carbocycles. The van der Waals surface area contributed by atoms with Crippen molar-refractivity contribution in [2.45, 2.75) is 24.0 Å². The maximum absolute atomic E-state index is 12.8. The van der Waals surface area contributed by atoms with Gasteiger partial charge < -0.3 is 4.90 Å². The molecule has 0 N–H and O–H groups in total. The van der Waals surface area contributed by atoms with Crippen molar-refractivity contribution in [1.29, 1.82) is 0 Å². The molecule has 2 heterocycles. The smallest absolute Gasteiger partial charge is 0.237 e. The van der Waals surface area contributed by atoms with Crippen LogP contribution in [0.25, 0.3) is 10.7 Å². The lowest BCUT2D eigenvalue weighted by Gasteiger charge is -2.21. The third-order valence-electron chi connectivity index (χ3n) is 4.32. The van der Waals surface area contributed by atoms with Crippen molar-refractivity contribution in [3.63, 3.8) is 0 Å². The second kappa shape index (κ2) is 8.10. The first-order chi connectivity index (χ1) is 13.3. The first-order valence-corrected chi connectivity index (χ1v) is 10.7. The van der Waals surface area contributed by atoms with E-state index in [4.69, 9.17) is 0 Å². The zero-order valence-electron chi connectivity index (χ0n) is 14.8. The van der Waals surface area contributed by atoms with Crippen molar-refractivity contribution >= 4 is 34.7 Å². The van der Waals surface area contributed by atoms with Gasteiger partial charge in [-0.3, -0.25) is 9.36 Å². The zero-order valence-corrected chi connectivity index (χ0v) is 16.5. The molecular weight excluding hydrogens is 376 g/mol. The molecule has 0 unspecified atom stereocenters. The number of para-hydroxylation sites is 1. The van der Waals surface area contributed by atoms with Crippen molar-refractivity contribution in [2.24, 2.45) is 0 Å². The first kappa shape index (κ1) is 18.0. The lowest BCUT2D eigenvalue weighted by Crippen LogP contribution is -2.32. The average molecular weight is 397 g/mol. The predicted octanol–water partition coefficient (Wildman–Crippen LogP) is 4.65. The standard InChI is InChI=1S/C20H20N4OS2/c1-2-12-23(15-7-4-3-5-8-15)18(25)14-27-20-22-21-19(17-9-6-13-26-17)24(20)16-10-11-16/h2-9,13,16H,1,10-12,14H2. The minimum Gasteiger partial charge on any atom is -0.308 e. The number of rotatable bonds is 8. The summed E-state index contributed by atoms with van der Waals surface area (Å²) >= 11 is 3.12. The summed E-state index contributed by atoms with van der Waals surface area (Å²) in [5.74, 6) is 1.26. The van der Waals surface area contributed by atoms with Gasteiger partial charge in [0.05, 0.1) is 10.6 Å². The van der Waals surface area contributed by atoms with Gasteiger partial charge in [-0.25, -0.2) is 0 Å². The van der Waals surface area contributed by atoms with Crippen molar-refractivity contribution in [2.75, 3.05) is 17.2 Å². The van der Waals surface area contributed by atoms with Crippen LogP contribution in [0.3, 0.4) is 0 Å². The van der Waals surface area contributed by atoms with Gasteiger partial charge in [-0.2, -0.15) is 0 Å². The molecule has 0 saturated heterocycles. The van der Waals surface area contributed by atoms with Crippen LogP contribution in [-0.4, -0.2) is 33.0 Å². The summed E-state index contributed by atoms with van der Waals surface area (Å²) in [6, 6.07) is 14.2. The summed E-state index contributed by atoms with van der Waals surface area (Å²) in [5, 5.41) is 11.6. The molecule has 0 spiro atoms. The molecule has 1 aromatic carbocycles. The van der Waals surface area contributed by atoms with Crippen molar-refractivity contribution in [1.82, 2.24) is 14.8 Å². The normalized spacial score (nSPS) is 13.5. The van der Waals surface area contributed by atoms with Gasteiger partial charge in [-0.05, 0) is 36.4 Å². The monoisotopic (exact) mass is 396 g/mol. The average Bonchev–Trinajstić information content (AvgIpc) is 3.22. The molecular formula is C20H20N4OS2. The molecule has 1 fully saturated rings. The van der Waals surface area contributed by atoms with Crippen LogP contribution in [0.15, 0.2) is 65.7 Å². The quantitative estimate of drug-likeness (QED) is 0.411. The number of thioether (sulfide) groups is 1. The molecule has 0 atom stereocenters.